The van der Waals surface area contributed by atoms with Gasteiger partial charge in [-0.1, -0.05) is 6.58 Å². The molecule has 0 unspecified atom stereocenters. The van der Waals surface area contributed by atoms with Crippen LogP contribution in [0.25, 0.3) is 5.57 Å². The van der Waals surface area contributed by atoms with Gasteiger partial charge in [0.1, 0.15) is 16.5 Å². The highest BCUT2D eigenvalue weighted by Crippen LogP contribution is 2.34. The molecule has 0 atom stereocenters. The molecule has 0 saturated carbocycles. The lowest BCUT2D eigenvalue weighted by Crippen LogP contribution is -2.14. The van der Waals surface area contributed by atoms with Crippen LogP contribution in [0.3, 0.4) is 0 Å². The highest BCUT2D eigenvalue weighted by atomic mass is 32.2. The Labute approximate surface area is 133 Å². The summed E-state index contributed by atoms with van der Waals surface area (Å²) in [6.45, 7) is 4.19. The molecule has 2 aromatic rings. The fourth-order valence-electron chi connectivity index (χ4n) is 2.02. The average molecular weight is 366 g/mol. The number of allylic oxidation sites excluding steroid dienone is 1. The number of benzene rings is 2. The van der Waals surface area contributed by atoms with Gasteiger partial charge in [-0.2, -0.15) is 0 Å². The van der Waals surface area contributed by atoms with Crippen molar-refractivity contribution in [1.29, 1.82) is 0 Å². The summed E-state index contributed by atoms with van der Waals surface area (Å²) in [4.78, 5) is -3.17. The lowest BCUT2D eigenvalue weighted by molar-refractivity contribution is 0.416. The largest absolute Gasteiger partial charge is 0.218 e. The van der Waals surface area contributed by atoms with Crippen LogP contribution in [0.5, 0.6) is 0 Å². The maximum absolute atomic E-state index is 14.1. The van der Waals surface area contributed by atoms with E-state index in [1.54, 1.807) is 0 Å². The van der Waals surface area contributed by atoms with E-state index in [1.165, 1.54) is 0 Å². The Hall–Kier alpha value is -2.29. The molecule has 0 aliphatic rings. The molecule has 0 saturated heterocycles. The quantitative estimate of drug-likeness (QED) is 0.597. The fraction of sp³-hybridized carbons (Fsp3) is 0.0667. The Morgan fingerprint density at radius 3 is 1.62 bits per heavy atom. The molecule has 0 aliphatic heterocycles. The van der Waals surface area contributed by atoms with Crippen molar-refractivity contribution in [2.24, 2.45) is 0 Å². The molecule has 2 aromatic carbocycles. The molecule has 0 N–H and O–H groups in total. The van der Waals surface area contributed by atoms with Gasteiger partial charge in [0, 0.05) is 6.07 Å². The van der Waals surface area contributed by atoms with Gasteiger partial charge in [0.25, 0.3) is 0 Å². The van der Waals surface area contributed by atoms with Gasteiger partial charge in [0.2, 0.25) is 9.84 Å². The normalized spacial score (nSPS) is 11.6. The average Bonchev–Trinajstić information content (AvgIpc) is 2.44. The monoisotopic (exact) mass is 366 g/mol. The van der Waals surface area contributed by atoms with Crippen molar-refractivity contribution in [2.45, 2.75) is 16.7 Å². The molecular weight excluding hydrogens is 358 g/mol. The van der Waals surface area contributed by atoms with Gasteiger partial charge >= 0.3 is 0 Å². The minimum atomic E-state index is -5.27. The first kappa shape index (κ1) is 18.1. The third-order valence-corrected chi connectivity index (χ3v) is 4.82. The van der Waals surface area contributed by atoms with Crippen LogP contribution in [0.4, 0.5) is 26.3 Å². The highest BCUT2D eigenvalue weighted by Gasteiger charge is 2.34. The molecule has 2 rings (SSSR count). The van der Waals surface area contributed by atoms with E-state index in [9.17, 15) is 34.8 Å². The van der Waals surface area contributed by atoms with Gasteiger partial charge in [0.05, 0.1) is 10.5 Å². The molecular formula is C15H8F6O2S. The van der Waals surface area contributed by atoms with Crippen LogP contribution in [0.2, 0.25) is 0 Å². The third-order valence-electron chi connectivity index (χ3n) is 3.06. The number of halogens is 6. The van der Waals surface area contributed by atoms with Gasteiger partial charge in [-0.05, 0) is 24.6 Å². The van der Waals surface area contributed by atoms with Crippen molar-refractivity contribution in [2.75, 3.05) is 0 Å². The standard InChI is InChI=1S/C15H8F6O2S/c1-6(2)10-11(18)13(20)15(14(21)12(10)19)24(22,23)9-4-7(16)3-8(17)5-9/h3-5H,1H2,2H3. The van der Waals surface area contributed by atoms with E-state index in [0.29, 0.717) is 6.07 Å². The summed E-state index contributed by atoms with van der Waals surface area (Å²) in [5.41, 5.74) is -1.54. The predicted octanol–water partition coefficient (Wildman–Crippen LogP) is 4.39. The van der Waals surface area contributed by atoms with Gasteiger partial charge in [-0.25, -0.2) is 34.8 Å². The zero-order chi connectivity index (χ0) is 18.4. The summed E-state index contributed by atoms with van der Waals surface area (Å²) in [5.74, 6) is -11.1. The maximum atomic E-state index is 14.1. The highest BCUT2D eigenvalue weighted by molar-refractivity contribution is 7.91. The number of rotatable bonds is 3. The molecule has 2 nitrogen and oxygen atoms in total. The molecule has 0 amide bonds. The molecule has 0 radical (unpaired) electrons. The minimum absolute atomic E-state index is 0.264. The lowest BCUT2D eigenvalue weighted by Gasteiger charge is -2.12. The maximum Gasteiger partial charge on any atom is 0.212 e. The lowest BCUT2D eigenvalue weighted by atomic mass is 10.1. The second-order valence-corrected chi connectivity index (χ2v) is 6.74. The summed E-state index contributed by atoms with van der Waals surface area (Å²) in [6.07, 6.45) is 0. The SMILES string of the molecule is C=C(C)c1c(F)c(F)c(S(=O)(=O)c2cc(F)cc(F)c2)c(F)c1F. The molecule has 0 fully saturated rings. The smallest absolute Gasteiger partial charge is 0.212 e. The van der Waals surface area contributed by atoms with Crippen molar-refractivity contribution in [3.05, 3.63) is 65.2 Å². The Morgan fingerprint density at radius 2 is 1.25 bits per heavy atom. The molecule has 0 aliphatic carbocycles. The van der Waals surface area contributed by atoms with E-state index in [4.69, 9.17) is 0 Å². The Bertz CT molecular complexity index is 917. The van der Waals surface area contributed by atoms with E-state index in [1.807, 2.05) is 0 Å². The van der Waals surface area contributed by atoms with Crippen LogP contribution in [-0.2, 0) is 9.84 Å². The number of hydrogen-bond acceptors (Lipinski definition) is 2. The summed E-state index contributed by atoms with van der Waals surface area (Å²) >= 11 is 0. The van der Waals surface area contributed by atoms with Crippen molar-refractivity contribution in [1.82, 2.24) is 0 Å². The van der Waals surface area contributed by atoms with Crippen LogP contribution in [-0.4, -0.2) is 8.42 Å². The summed E-state index contributed by atoms with van der Waals surface area (Å²) in [5, 5.41) is 0. The molecule has 0 bridgehead atoms. The predicted molar refractivity (Wildman–Crippen MR) is 72.8 cm³/mol. The van der Waals surface area contributed by atoms with E-state index in [-0.39, 0.29) is 17.7 Å². The molecule has 128 valence electrons. The van der Waals surface area contributed by atoms with Crippen LogP contribution in [0.15, 0.2) is 34.6 Å². The first-order valence-corrected chi connectivity index (χ1v) is 7.69. The molecule has 0 aromatic heterocycles. The molecule has 0 heterocycles. The summed E-state index contributed by atoms with van der Waals surface area (Å²) < 4.78 is 107. The summed E-state index contributed by atoms with van der Waals surface area (Å²) in [7, 11) is -5.27. The zero-order valence-electron chi connectivity index (χ0n) is 11.9. The topological polar surface area (TPSA) is 34.1 Å². The number of sulfone groups is 1. The van der Waals surface area contributed by atoms with Crippen molar-refractivity contribution < 1.29 is 34.8 Å². The second-order valence-electron chi connectivity index (χ2n) is 4.85. The van der Waals surface area contributed by atoms with Gasteiger partial charge in [0.15, 0.2) is 23.3 Å². The van der Waals surface area contributed by atoms with Crippen LogP contribution in [0.1, 0.15) is 12.5 Å². The van der Waals surface area contributed by atoms with Crippen molar-refractivity contribution in [3.8, 4) is 0 Å². The minimum Gasteiger partial charge on any atom is -0.218 e. The van der Waals surface area contributed by atoms with Gasteiger partial charge in [-0.15, -0.1) is 0 Å². The summed E-state index contributed by atoms with van der Waals surface area (Å²) in [6, 6.07) is 0.844. The first-order chi connectivity index (χ1) is 11.0. The molecule has 9 heteroatoms. The van der Waals surface area contributed by atoms with E-state index < -0.39 is 60.1 Å². The Kier molecular flexibility index (Phi) is 4.49. The van der Waals surface area contributed by atoms with E-state index in [0.717, 1.165) is 6.92 Å². The third kappa shape index (κ3) is 2.79. The van der Waals surface area contributed by atoms with Crippen LogP contribution < -0.4 is 0 Å². The molecule has 24 heavy (non-hydrogen) atoms. The van der Waals surface area contributed by atoms with Gasteiger partial charge < -0.3 is 0 Å². The van der Waals surface area contributed by atoms with Crippen LogP contribution >= 0.6 is 0 Å². The van der Waals surface area contributed by atoms with Crippen molar-refractivity contribution >= 4 is 15.4 Å². The second kappa shape index (κ2) is 5.97. The zero-order valence-corrected chi connectivity index (χ0v) is 12.7. The van der Waals surface area contributed by atoms with E-state index in [2.05, 4.69) is 6.58 Å². The van der Waals surface area contributed by atoms with E-state index >= 15 is 0 Å². The first-order valence-electron chi connectivity index (χ1n) is 6.21. The number of hydrogen-bond donors (Lipinski definition) is 0. The van der Waals surface area contributed by atoms with Gasteiger partial charge in [-0.3, -0.25) is 0 Å². The van der Waals surface area contributed by atoms with Crippen molar-refractivity contribution in [3.63, 3.8) is 0 Å². The fourth-order valence-corrected chi connectivity index (χ4v) is 3.45. The van der Waals surface area contributed by atoms with Crippen LogP contribution in [0, 0.1) is 34.9 Å². The molecule has 0 spiro atoms. The Morgan fingerprint density at radius 1 is 0.833 bits per heavy atom. The Balaban J connectivity index is 2.88.